The highest BCUT2D eigenvalue weighted by atomic mass is 16.5. The van der Waals surface area contributed by atoms with E-state index in [9.17, 15) is 0 Å². The van der Waals surface area contributed by atoms with Gasteiger partial charge < -0.3 is 19.4 Å². The Balaban J connectivity index is 1.68. The lowest BCUT2D eigenvalue weighted by atomic mass is 10.1. The van der Waals surface area contributed by atoms with Crippen LogP contribution >= 0.6 is 0 Å². The molecule has 0 spiro atoms. The van der Waals surface area contributed by atoms with Crippen LogP contribution in [0.5, 0.6) is 0 Å². The third kappa shape index (κ3) is 4.31. The fourth-order valence-electron chi connectivity index (χ4n) is 3.33. The van der Waals surface area contributed by atoms with Crippen molar-refractivity contribution in [3.8, 4) is 0 Å². The third-order valence-electron chi connectivity index (χ3n) is 4.62. The maximum absolute atomic E-state index is 5.75. The molecule has 6 nitrogen and oxygen atoms in total. The Labute approximate surface area is 149 Å². The molecule has 6 heteroatoms. The van der Waals surface area contributed by atoms with Gasteiger partial charge in [-0.15, -0.1) is 0 Å². The van der Waals surface area contributed by atoms with E-state index in [0.29, 0.717) is 12.6 Å². The van der Waals surface area contributed by atoms with Crippen molar-refractivity contribution in [3.63, 3.8) is 0 Å². The second-order valence-corrected chi connectivity index (χ2v) is 6.44. The van der Waals surface area contributed by atoms with Gasteiger partial charge in [-0.1, -0.05) is 6.07 Å². The zero-order valence-electron chi connectivity index (χ0n) is 15.5. The maximum Gasteiger partial charge on any atom is 0.194 e. The molecule has 0 amide bonds. The molecule has 0 radical (unpaired) electrons. The number of aromatic nitrogens is 2. The number of ether oxygens (including phenoxy) is 1. The second-order valence-electron chi connectivity index (χ2n) is 6.44. The first kappa shape index (κ1) is 17.7. The van der Waals surface area contributed by atoms with Crippen LogP contribution in [0.15, 0.2) is 29.4 Å². The zero-order chi connectivity index (χ0) is 17.6. The fourth-order valence-corrected chi connectivity index (χ4v) is 3.33. The number of piperidine rings is 1. The Bertz CT molecular complexity index is 716. The van der Waals surface area contributed by atoms with Crippen LogP contribution < -0.4 is 5.32 Å². The summed E-state index contributed by atoms with van der Waals surface area (Å²) in [6.45, 7) is 10.5. The SMILES string of the molecule is CCNC(=NCc1cn2c(C)cccc2n1)N1CCC(OCC)CC1. The van der Waals surface area contributed by atoms with Crippen LogP contribution in [-0.2, 0) is 11.3 Å². The zero-order valence-corrected chi connectivity index (χ0v) is 15.5. The van der Waals surface area contributed by atoms with Gasteiger partial charge in [0.15, 0.2) is 5.96 Å². The summed E-state index contributed by atoms with van der Waals surface area (Å²) in [5.41, 5.74) is 3.16. The molecule has 0 saturated carbocycles. The molecule has 1 fully saturated rings. The van der Waals surface area contributed by atoms with Crippen LogP contribution in [0.4, 0.5) is 0 Å². The van der Waals surface area contributed by atoms with Crippen molar-refractivity contribution in [2.75, 3.05) is 26.2 Å². The lowest BCUT2D eigenvalue weighted by Gasteiger charge is -2.34. The molecule has 1 aliphatic rings. The van der Waals surface area contributed by atoms with Gasteiger partial charge in [0.25, 0.3) is 0 Å². The number of hydrogen-bond acceptors (Lipinski definition) is 3. The minimum atomic E-state index is 0.394. The van der Waals surface area contributed by atoms with Gasteiger partial charge in [0, 0.05) is 38.1 Å². The van der Waals surface area contributed by atoms with Crippen molar-refractivity contribution in [2.24, 2.45) is 4.99 Å². The molecule has 3 rings (SSSR count). The molecule has 1 N–H and O–H groups in total. The van der Waals surface area contributed by atoms with Crippen LogP contribution in [-0.4, -0.2) is 52.6 Å². The monoisotopic (exact) mass is 343 g/mol. The predicted molar refractivity (Wildman–Crippen MR) is 101 cm³/mol. The predicted octanol–water partition coefficient (Wildman–Crippen LogP) is 2.61. The summed E-state index contributed by atoms with van der Waals surface area (Å²) in [5.74, 6) is 0.978. The fraction of sp³-hybridized carbons (Fsp3) is 0.579. The van der Waals surface area contributed by atoms with Crippen molar-refractivity contribution in [2.45, 2.75) is 46.3 Å². The van der Waals surface area contributed by atoms with E-state index in [1.54, 1.807) is 0 Å². The van der Waals surface area contributed by atoms with Crippen LogP contribution in [0.2, 0.25) is 0 Å². The van der Waals surface area contributed by atoms with E-state index in [1.807, 2.05) is 12.1 Å². The molecule has 0 aromatic carbocycles. The number of aliphatic imine (C=N–C) groups is 1. The first-order valence-corrected chi connectivity index (χ1v) is 9.29. The quantitative estimate of drug-likeness (QED) is 0.670. The summed E-state index contributed by atoms with van der Waals surface area (Å²) in [7, 11) is 0. The van der Waals surface area contributed by atoms with E-state index in [0.717, 1.165) is 56.4 Å². The number of likely N-dealkylation sites (tertiary alicyclic amines) is 1. The summed E-state index contributed by atoms with van der Waals surface area (Å²) >= 11 is 0. The Morgan fingerprint density at radius 2 is 2.12 bits per heavy atom. The highest BCUT2D eigenvalue weighted by Crippen LogP contribution is 2.14. The van der Waals surface area contributed by atoms with E-state index < -0.39 is 0 Å². The van der Waals surface area contributed by atoms with Gasteiger partial charge in [0.2, 0.25) is 0 Å². The number of aryl methyl sites for hydroxylation is 1. The summed E-state index contributed by atoms with van der Waals surface area (Å²) in [6, 6.07) is 6.16. The number of rotatable bonds is 5. The van der Waals surface area contributed by atoms with Crippen LogP contribution in [0.25, 0.3) is 5.65 Å². The molecule has 0 bridgehead atoms. The number of fused-ring (bicyclic) bond motifs is 1. The maximum atomic E-state index is 5.75. The Hall–Kier alpha value is -2.08. The smallest absolute Gasteiger partial charge is 0.194 e. The van der Waals surface area contributed by atoms with E-state index in [-0.39, 0.29) is 0 Å². The summed E-state index contributed by atoms with van der Waals surface area (Å²) in [5, 5.41) is 3.42. The van der Waals surface area contributed by atoms with E-state index >= 15 is 0 Å². The molecule has 1 aliphatic heterocycles. The Morgan fingerprint density at radius 1 is 1.32 bits per heavy atom. The lowest BCUT2D eigenvalue weighted by Crippen LogP contribution is -2.47. The molecule has 3 heterocycles. The van der Waals surface area contributed by atoms with Gasteiger partial charge >= 0.3 is 0 Å². The van der Waals surface area contributed by atoms with Crippen molar-refractivity contribution in [1.29, 1.82) is 0 Å². The first-order valence-electron chi connectivity index (χ1n) is 9.29. The molecule has 136 valence electrons. The van der Waals surface area contributed by atoms with Crippen LogP contribution in [0.1, 0.15) is 38.1 Å². The average Bonchev–Trinajstić information content (AvgIpc) is 3.04. The number of pyridine rings is 1. The van der Waals surface area contributed by atoms with Gasteiger partial charge in [-0.05, 0) is 45.7 Å². The minimum absolute atomic E-state index is 0.394. The summed E-state index contributed by atoms with van der Waals surface area (Å²) in [4.78, 5) is 11.8. The number of nitrogens with one attached hydrogen (secondary N) is 1. The van der Waals surface area contributed by atoms with E-state index in [1.165, 1.54) is 5.69 Å². The number of nitrogens with zero attached hydrogens (tertiary/aromatic N) is 4. The standard InChI is InChI=1S/C19H29N5O/c1-4-20-19(23-11-9-17(10-12-23)25-5-2)21-13-16-14-24-15(3)7-6-8-18(24)22-16/h6-8,14,17H,4-5,9-13H2,1-3H3,(H,20,21). The molecule has 1 saturated heterocycles. The van der Waals surface area contributed by atoms with Crippen molar-refractivity contribution in [3.05, 3.63) is 35.8 Å². The molecule has 0 unspecified atom stereocenters. The Kier molecular flexibility index (Phi) is 5.91. The van der Waals surface area contributed by atoms with E-state index in [4.69, 9.17) is 9.73 Å². The second kappa shape index (κ2) is 8.34. The highest BCUT2D eigenvalue weighted by Gasteiger charge is 2.21. The van der Waals surface area contributed by atoms with Crippen LogP contribution in [0.3, 0.4) is 0 Å². The summed E-state index contributed by atoms with van der Waals surface area (Å²) in [6.07, 6.45) is 4.60. The molecular formula is C19H29N5O. The molecule has 0 aliphatic carbocycles. The normalized spacial score (nSPS) is 16.6. The van der Waals surface area contributed by atoms with Gasteiger partial charge in [0.05, 0.1) is 18.3 Å². The molecule has 25 heavy (non-hydrogen) atoms. The largest absolute Gasteiger partial charge is 0.378 e. The van der Waals surface area contributed by atoms with E-state index in [2.05, 4.69) is 52.6 Å². The van der Waals surface area contributed by atoms with Gasteiger partial charge in [-0.2, -0.15) is 0 Å². The number of imidazole rings is 1. The van der Waals surface area contributed by atoms with Gasteiger partial charge in [-0.3, -0.25) is 0 Å². The third-order valence-corrected chi connectivity index (χ3v) is 4.62. The lowest BCUT2D eigenvalue weighted by molar-refractivity contribution is 0.0263. The van der Waals surface area contributed by atoms with Crippen LogP contribution in [0, 0.1) is 6.92 Å². The average molecular weight is 343 g/mol. The molecule has 2 aromatic rings. The molecule has 0 atom stereocenters. The summed E-state index contributed by atoms with van der Waals surface area (Å²) < 4.78 is 7.86. The first-order chi connectivity index (χ1) is 12.2. The van der Waals surface area contributed by atoms with Crippen molar-refractivity contribution >= 4 is 11.6 Å². The molecular weight excluding hydrogens is 314 g/mol. The van der Waals surface area contributed by atoms with Gasteiger partial charge in [0.1, 0.15) is 5.65 Å². The number of hydrogen-bond donors (Lipinski definition) is 1. The minimum Gasteiger partial charge on any atom is -0.378 e. The van der Waals surface area contributed by atoms with Gasteiger partial charge in [-0.25, -0.2) is 9.98 Å². The van der Waals surface area contributed by atoms with Crippen molar-refractivity contribution in [1.82, 2.24) is 19.6 Å². The van der Waals surface area contributed by atoms with Crippen molar-refractivity contribution < 1.29 is 4.74 Å². The molecule has 2 aromatic heterocycles. The Morgan fingerprint density at radius 3 is 2.80 bits per heavy atom. The highest BCUT2D eigenvalue weighted by molar-refractivity contribution is 5.80. The number of guanidine groups is 1. The topological polar surface area (TPSA) is 54.2 Å².